The van der Waals surface area contributed by atoms with Gasteiger partial charge in [0.15, 0.2) is 0 Å². The molecule has 1 aromatic heterocycles. The van der Waals surface area contributed by atoms with Crippen LogP contribution in [0.2, 0.25) is 0 Å². The molecule has 1 aromatic carbocycles. The summed E-state index contributed by atoms with van der Waals surface area (Å²) in [5.74, 6) is 0. The van der Waals surface area contributed by atoms with Gasteiger partial charge in [-0.2, -0.15) is 5.10 Å². The number of hydrogen-bond acceptors (Lipinski definition) is 3. The van der Waals surface area contributed by atoms with Gasteiger partial charge in [-0.3, -0.25) is 4.68 Å². The highest BCUT2D eigenvalue weighted by molar-refractivity contribution is 5.46. The first-order valence-corrected chi connectivity index (χ1v) is 7.07. The van der Waals surface area contributed by atoms with Crippen molar-refractivity contribution in [2.75, 3.05) is 19.0 Å². The quantitative estimate of drug-likeness (QED) is 0.910. The van der Waals surface area contributed by atoms with E-state index in [1.807, 2.05) is 25.7 Å². The van der Waals surface area contributed by atoms with Crippen LogP contribution in [-0.4, -0.2) is 23.9 Å². The molecule has 2 aromatic rings. The normalized spacial score (nSPS) is 12.4. The van der Waals surface area contributed by atoms with Gasteiger partial charge in [0.05, 0.1) is 5.69 Å². The van der Waals surface area contributed by atoms with E-state index in [0.29, 0.717) is 0 Å². The smallest absolute Gasteiger partial charge is 0.0596 e. The number of nitrogens with zero attached hydrogens (tertiary/aromatic N) is 3. The summed E-state index contributed by atoms with van der Waals surface area (Å²) in [7, 11) is 4.08. The van der Waals surface area contributed by atoms with E-state index >= 15 is 0 Å². The Hall–Kier alpha value is -1.81. The SMILES string of the molecule is CCn1nc(C)cc1CC(N)c1ccc(N(C)C)cc1. The van der Waals surface area contributed by atoms with E-state index in [0.717, 1.165) is 24.2 Å². The van der Waals surface area contributed by atoms with Crippen LogP contribution in [0.1, 0.15) is 29.9 Å². The minimum absolute atomic E-state index is 0.00705. The topological polar surface area (TPSA) is 47.1 Å². The van der Waals surface area contributed by atoms with E-state index in [1.54, 1.807) is 0 Å². The maximum atomic E-state index is 6.33. The summed E-state index contributed by atoms with van der Waals surface area (Å²) in [5, 5.41) is 4.47. The lowest BCUT2D eigenvalue weighted by Crippen LogP contribution is -2.16. The molecule has 0 aliphatic carbocycles. The predicted octanol–water partition coefficient (Wildman–Crippen LogP) is 2.52. The molecule has 2 N–H and O–H groups in total. The molecule has 1 atom stereocenters. The Morgan fingerprint density at radius 2 is 1.90 bits per heavy atom. The molecule has 1 unspecified atom stereocenters. The highest BCUT2D eigenvalue weighted by Gasteiger charge is 2.11. The van der Waals surface area contributed by atoms with E-state index in [-0.39, 0.29) is 6.04 Å². The summed E-state index contributed by atoms with van der Waals surface area (Å²) in [5.41, 5.74) is 10.9. The van der Waals surface area contributed by atoms with Crippen molar-refractivity contribution in [3.8, 4) is 0 Å². The van der Waals surface area contributed by atoms with Crippen LogP contribution >= 0.6 is 0 Å². The molecular formula is C16H24N4. The number of aromatic nitrogens is 2. The van der Waals surface area contributed by atoms with E-state index in [1.165, 1.54) is 11.4 Å². The van der Waals surface area contributed by atoms with Crippen molar-refractivity contribution in [3.05, 3.63) is 47.3 Å². The summed E-state index contributed by atoms with van der Waals surface area (Å²) in [6.45, 7) is 5.01. The maximum absolute atomic E-state index is 6.33. The predicted molar refractivity (Wildman–Crippen MR) is 84.0 cm³/mol. The summed E-state index contributed by atoms with van der Waals surface area (Å²) < 4.78 is 2.03. The summed E-state index contributed by atoms with van der Waals surface area (Å²) >= 11 is 0. The van der Waals surface area contributed by atoms with Gasteiger partial charge in [-0.25, -0.2) is 0 Å². The van der Waals surface area contributed by atoms with Crippen LogP contribution in [0.3, 0.4) is 0 Å². The van der Waals surface area contributed by atoms with Crippen molar-refractivity contribution in [1.29, 1.82) is 0 Å². The van der Waals surface area contributed by atoms with Crippen LogP contribution in [0.4, 0.5) is 5.69 Å². The van der Waals surface area contributed by atoms with E-state index < -0.39 is 0 Å². The number of benzene rings is 1. The Labute approximate surface area is 121 Å². The summed E-state index contributed by atoms with van der Waals surface area (Å²) in [6.07, 6.45) is 0.815. The zero-order valence-electron chi connectivity index (χ0n) is 12.8. The minimum atomic E-state index is 0.00705. The first-order chi connectivity index (χ1) is 9.51. The Bertz CT molecular complexity index is 554. The molecule has 0 saturated carbocycles. The van der Waals surface area contributed by atoms with Crippen molar-refractivity contribution in [2.45, 2.75) is 32.9 Å². The van der Waals surface area contributed by atoms with E-state index in [2.05, 4.69) is 47.3 Å². The van der Waals surface area contributed by atoms with Gasteiger partial charge in [0.1, 0.15) is 0 Å². The maximum Gasteiger partial charge on any atom is 0.0596 e. The lowest BCUT2D eigenvalue weighted by molar-refractivity contribution is 0.587. The second-order valence-electron chi connectivity index (χ2n) is 5.39. The lowest BCUT2D eigenvalue weighted by atomic mass is 10.0. The van der Waals surface area contributed by atoms with E-state index in [4.69, 9.17) is 5.73 Å². The number of nitrogens with two attached hydrogens (primary N) is 1. The van der Waals surface area contributed by atoms with Gasteiger partial charge in [0, 0.05) is 44.5 Å². The highest BCUT2D eigenvalue weighted by atomic mass is 15.3. The average molecular weight is 272 g/mol. The second kappa shape index (κ2) is 6.09. The first kappa shape index (κ1) is 14.6. The third-order valence-electron chi connectivity index (χ3n) is 3.55. The molecule has 0 aliphatic heterocycles. The van der Waals surface area contributed by atoms with Crippen LogP contribution in [0, 0.1) is 6.92 Å². The molecular weight excluding hydrogens is 248 g/mol. The van der Waals surface area contributed by atoms with Gasteiger partial charge in [-0.1, -0.05) is 12.1 Å². The van der Waals surface area contributed by atoms with Crippen molar-refractivity contribution < 1.29 is 0 Å². The highest BCUT2D eigenvalue weighted by Crippen LogP contribution is 2.20. The second-order valence-corrected chi connectivity index (χ2v) is 5.39. The van der Waals surface area contributed by atoms with Gasteiger partial charge >= 0.3 is 0 Å². The first-order valence-electron chi connectivity index (χ1n) is 7.07. The van der Waals surface area contributed by atoms with Gasteiger partial charge < -0.3 is 10.6 Å². The van der Waals surface area contributed by atoms with Crippen molar-refractivity contribution >= 4 is 5.69 Å². The molecule has 0 bridgehead atoms. The largest absolute Gasteiger partial charge is 0.378 e. The third-order valence-corrected chi connectivity index (χ3v) is 3.55. The van der Waals surface area contributed by atoms with Crippen molar-refractivity contribution in [1.82, 2.24) is 9.78 Å². The van der Waals surface area contributed by atoms with E-state index in [9.17, 15) is 0 Å². The van der Waals surface area contributed by atoms with Gasteiger partial charge in [-0.15, -0.1) is 0 Å². The zero-order valence-corrected chi connectivity index (χ0v) is 12.8. The summed E-state index contributed by atoms with van der Waals surface area (Å²) in [6, 6.07) is 10.6. The molecule has 1 heterocycles. The fraction of sp³-hybridized carbons (Fsp3) is 0.438. The number of rotatable bonds is 5. The van der Waals surface area contributed by atoms with Crippen LogP contribution in [0.25, 0.3) is 0 Å². The molecule has 0 radical (unpaired) electrons. The molecule has 0 spiro atoms. The van der Waals surface area contributed by atoms with Gasteiger partial charge in [0.25, 0.3) is 0 Å². The van der Waals surface area contributed by atoms with Crippen molar-refractivity contribution in [2.24, 2.45) is 5.73 Å². The third kappa shape index (κ3) is 3.20. The molecule has 0 amide bonds. The van der Waals surface area contributed by atoms with Crippen LogP contribution in [0.5, 0.6) is 0 Å². The minimum Gasteiger partial charge on any atom is -0.378 e. The molecule has 20 heavy (non-hydrogen) atoms. The molecule has 2 rings (SSSR count). The monoisotopic (exact) mass is 272 g/mol. The number of anilines is 1. The average Bonchev–Trinajstić information content (AvgIpc) is 2.78. The van der Waals surface area contributed by atoms with Crippen LogP contribution < -0.4 is 10.6 Å². The Morgan fingerprint density at radius 1 is 1.25 bits per heavy atom. The summed E-state index contributed by atoms with van der Waals surface area (Å²) in [4.78, 5) is 2.09. The molecule has 0 fully saturated rings. The molecule has 0 aliphatic rings. The Balaban J connectivity index is 2.13. The van der Waals surface area contributed by atoms with Crippen LogP contribution in [-0.2, 0) is 13.0 Å². The Kier molecular flexibility index (Phi) is 4.45. The fourth-order valence-corrected chi connectivity index (χ4v) is 2.40. The number of hydrogen-bond donors (Lipinski definition) is 1. The molecule has 4 heteroatoms. The van der Waals surface area contributed by atoms with Gasteiger partial charge in [0.2, 0.25) is 0 Å². The van der Waals surface area contributed by atoms with Gasteiger partial charge in [-0.05, 0) is 37.6 Å². The molecule has 108 valence electrons. The Morgan fingerprint density at radius 3 is 2.45 bits per heavy atom. The molecule has 4 nitrogen and oxygen atoms in total. The lowest BCUT2D eigenvalue weighted by Gasteiger charge is -2.16. The fourth-order valence-electron chi connectivity index (χ4n) is 2.40. The van der Waals surface area contributed by atoms with Crippen LogP contribution in [0.15, 0.2) is 30.3 Å². The molecule has 0 saturated heterocycles. The zero-order chi connectivity index (χ0) is 14.7. The number of aryl methyl sites for hydroxylation is 2. The van der Waals surface area contributed by atoms with Crippen molar-refractivity contribution in [3.63, 3.8) is 0 Å². The standard InChI is InChI=1S/C16H24N4/c1-5-20-15(10-12(2)18-20)11-16(17)13-6-8-14(9-7-13)19(3)4/h6-10,16H,5,11,17H2,1-4H3.